The Balaban J connectivity index is 2.40. The molecule has 4 heteroatoms. The van der Waals surface area contributed by atoms with Crippen molar-refractivity contribution in [3.63, 3.8) is 0 Å². The molecular weight excluding hydrogens is 297 g/mol. The van der Waals surface area contributed by atoms with Crippen molar-refractivity contribution in [2.24, 2.45) is 0 Å². The molecule has 3 rings (SSSR count). The first-order valence-corrected chi connectivity index (χ1v) is 7.45. The Labute approximate surface area is 125 Å². The lowest BCUT2D eigenvalue weighted by Crippen LogP contribution is -1.87. The third-order valence-corrected chi connectivity index (χ3v) is 4.57. The molecule has 0 spiro atoms. The minimum absolute atomic E-state index is 0.683. The van der Waals surface area contributed by atoms with Crippen molar-refractivity contribution >= 4 is 44.8 Å². The predicted octanol–water partition coefficient (Wildman–Crippen LogP) is 5.89. The Bertz CT molecular complexity index is 777. The highest BCUT2D eigenvalue weighted by Gasteiger charge is 2.14. The highest BCUT2D eigenvalue weighted by molar-refractivity contribution is 7.18. The van der Waals surface area contributed by atoms with Crippen LogP contribution in [0.2, 0.25) is 10.0 Å². The molecule has 0 saturated heterocycles. The van der Waals surface area contributed by atoms with E-state index < -0.39 is 0 Å². The van der Waals surface area contributed by atoms with Crippen LogP contribution in [-0.2, 0) is 0 Å². The third kappa shape index (κ3) is 2.25. The van der Waals surface area contributed by atoms with Crippen molar-refractivity contribution in [2.45, 2.75) is 13.8 Å². The summed E-state index contributed by atoms with van der Waals surface area (Å²) in [6.45, 7) is 4.09. The van der Waals surface area contributed by atoms with Gasteiger partial charge in [0.1, 0.15) is 0 Å². The van der Waals surface area contributed by atoms with Gasteiger partial charge in [-0.2, -0.15) is 0 Å². The SMILES string of the molecule is Cc1nc2c(-c3cc(Cl)ccc3Cl)c(C)ccc2s1. The average molecular weight is 308 g/mol. The summed E-state index contributed by atoms with van der Waals surface area (Å²) in [6.07, 6.45) is 0. The van der Waals surface area contributed by atoms with Gasteiger partial charge in [-0.05, 0) is 43.7 Å². The zero-order valence-corrected chi connectivity index (χ0v) is 12.8. The molecule has 0 fully saturated rings. The number of nitrogens with zero attached hydrogens (tertiary/aromatic N) is 1. The third-order valence-electron chi connectivity index (χ3n) is 3.07. The number of fused-ring (bicyclic) bond motifs is 1. The van der Waals surface area contributed by atoms with Gasteiger partial charge in [0, 0.05) is 21.2 Å². The molecule has 2 aromatic carbocycles. The van der Waals surface area contributed by atoms with E-state index in [1.807, 2.05) is 19.1 Å². The topological polar surface area (TPSA) is 12.9 Å². The van der Waals surface area contributed by atoms with E-state index in [0.29, 0.717) is 10.0 Å². The van der Waals surface area contributed by atoms with Crippen LogP contribution in [0.5, 0.6) is 0 Å². The van der Waals surface area contributed by atoms with Crippen molar-refractivity contribution in [1.29, 1.82) is 0 Å². The first-order chi connectivity index (χ1) is 9.06. The Kier molecular flexibility index (Phi) is 3.25. The summed E-state index contributed by atoms with van der Waals surface area (Å²) in [4.78, 5) is 4.64. The Hall–Kier alpha value is -1.09. The van der Waals surface area contributed by atoms with Crippen LogP contribution in [-0.4, -0.2) is 4.98 Å². The summed E-state index contributed by atoms with van der Waals surface area (Å²) in [7, 11) is 0. The van der Waals surface area contributed by atoms with Crippen molar-refractivity contribution in [2.75, 3.05) is 0 Å². The molecule has 96 valence electrons. The summed E-state index contributed by atoms with van der Waals surface area (Å²) < 4.78 is 1.18. The lowest BCUT2D eigenvalue weighted by Gasteiger charge is -2.09. The molecular formula is C15H11Cl2NS. The minimum atomic E-state index is 0.683. The van der Waals surface area contributed by atoms with Crippen LogP contribution < -0.4 is 0 Å². The van der Waals surface area contributed by atoms with Gasteiger partial charge in [0.15, 0.2) is 0 Å². The second kappa shape index (κ2) is 4.78. The molecule has 0 aliphatic heterocycles. The largest absolute Gasteiger partial charge is 0.241 e. The summed E-state index contributed by atoms with van der Waals surface area (Å²) in [6, 6.07) is 9.75. The van der Waals surface area contributed by atoms with Crippen LogP contribution in [0.15, 0.2) is 30.3 Å². The average Bonchev–Trinajstić information content (AvgIpc) is 2.73. The van der Waals surface area contributed by atoms with Crippen LogP contribution in [0.25, 0.3) is 21.3 Å². The normalized spacial score (nSPS) is 11.2. The zero-order valence-electron chi connectivity index (χ0n) is 10.5. The van der Waals surface area contributed by atoms with Gasteiger partial charge in [-0.1, -0.05) is 29.3 Å². The molecule has 19 heavy (non-hydrogen) atoms. The number of hydrogen-bond donors (Lipinski definition) is 0. The number of aromatic nitrogens is 1. The fraction of sp³-hybridized carbons (Fsp3) is 0.133. The van der Waals surface area contributed by atoms with E-state index in [-0.39, 0.29) is 0 Å². The van der Waals surface area contributed by atoms with Gasteiger partial charge in [0.05, 0.1) is 15.2 Å². The van der Waals surface area contributed by atoms with E-state index in [9.17, 15) is 0 Å². The van der Waals surface area contributed by atoms with Gasteiger partial charge in [0.2, 0.25) is 0 Å². The van der Waals surface area contributed by atoms with E-state index in [0.717, 1.165) is 27.2 Å². The Morgan fingerprint density at radius 2 is 1.84 bits per heavy atom. The van der Waals surface area contributed by atoms with Crippen molar-refractivity contribution in [3.8, 4) is 11.1 Å². The molecule has 0 N–H and O–H groups in total. The highest BCUT2D eigenvalue weighted by atomic mass is 35.5. The van der Waals surface area contributed by atoms with Crippen LogP contribution in [0.1, 0.15) is 10.6 Å². The maximum atomic E-state index is 6.33. The standard InChI is InChI=1S/C15H11Cl2NS/c1-8-3-6-13-15(18-9(2)19-13)14(8)11-7-10(16)4-5-12(11)17/h3-7H,1-2H3. The molecule has 0 saturated carbocycles. The quantitative estimate of drug-likeness (QED) is 0.546. The van der Waals surface area contributed by atoms with Crippen LogP contribution in [0.3, 0.4) is 0 Å². The molecule has 0 aliphatic carbocycles. The number of benzene rings is 2. The predicted molar refractivity (Wildman–Crippen MR) is 84.6 cm³/mol. The second-order valence-corrected chi connectivity index (χ2v) is 6.54. The minimum Gasteiger partial charge on any atom is -0.241 e. The van der Waals surface area contributed by atoms with Crippen LogP contribution >= 0.6 is 34.5 Å². The molecule has 0 unspecified atom stereocenters. The first kappa shape index (κ1) is 12.9. The highest BCUT2D eigenvalue weighted by Crippen LogP contribution is 2.38. The molecule has 3 aromatic rings. The van der Waals surface area contributed by atoms with Crippen molar-refractivity contribution < 1.29 is 0 Å². The lowest BCUT2D eigenvalue weighted by atomic mass is 9.99. The molecule has 1 aromatic heterocycles. The van der Waals surface area contributed by atoms with Gasteiger partial charge in [-0.15, -0.1) is 11.3 Å². The summed E-state index contributed by atoms with van der Waals surface area (Å²) >= 11 is 14.1. The number of thiazole rings is 1. The van der Waals surface area contributed by atoms with E-state index >= 15 is 0 Å². The summed E-state index contributed by atoms with van der Waals surface area (Å²) in [5.41, 5.74) is 4.19. The number of aryl methyl sites for hydroxylation is 2. The van der Waals surface area contributed by atoms with E-state index in [2.05, 4.69) is 24.0 Å². The number of rotatable bonds is 1. The molecule has 0 bridgehead atoms. The molecule has 1 heterocycles. The summed E-state index contributed by atoms with van der Waals surface area (Å²) in [5.74, 6) is 0. The molecule has 1 nitrogen and oxygen atoms in total. The maximum absolute atomic E-state index is 6.33. The smallest absolute Gasteiger partial charge is 0.0908 e. The molecule has 0 amide bonds. The van der Waals surface area contributed by atoms with E-state index in [1.54, 1.807) is 17.4 Å². The van der Waals surface area contributed by atoms with E-state index in [4.69, 9.17) is 23.2 Å². The monoisotopic (exact) mass is 307 g/mol. The lowest BCUT2D eigenvalue weighted by molar-refractivity contribution is 1.34. The number of halogens is 2. The molecule has 0 atom stereocenters. The zero-order chi connectivity index (χ0) is 13.6. The van der Waals surface area contributed by atoms with Crippen molar-refractivity contribution in [1.82, 2.24) is 4.98 Å². The van der Waals surface area contributed by atoms with Crippen molar-refractivity contribution in [3.05, 3.63) is 50.9 Å². The van der Waals surface area contributed by atoms with Crippen LogP contribution in [0.4, 0.5) is 0 Å². The second-order valence-electron chi connectivity index (χ2n) is 4.46. The van der Waals surface area contributed by atoms with Gasteiger partial charge in [0.25, 0.3) is 0 Å². The van der Waals surface area contributed by atoms with E-state index in [1.165, 1.54) is 4.70 Å². The van der Waals surface area contributed by atoms with Crippen LogP contribution in [0, 0.1) is 13.8 Å². The van der Waals surface area contributed by atoms with Gasteiger partial charge >= 0.3 is 0 Å². The Morgan fingerprint density at radius 1 is 1.05 bits per heavy atom. The fourth-order valence-corrected chi connectivity index (χ4v) is 3.45. The molecule has 0 aliphatic rings. The first-order valence-electron chi connectivity index (χ1n) is 5.88. The summed E-state index contributed by atoms with van der Waals surface area (Å²) in [5, 5.41) is 2.44. The molecule has 0 radical (unpaired) electrons. The Morgan fingerprint density at radius 3 is 2.63 bits per heavy atom. The van der Waals surface area contributed by atoms with Gasteiger partial charge < -0.3 is 0 Å². The fourth-order valence-electron chi connectivity index (χ4n) is 2.23. The maximum Gasteiger partial charge on any atom is 0.0908 e. The van der Waals surface area contributed by atoms with Gasteiger partial charge in [-0.3, -0.25) is 0 Å². The van der Waals surface area contributed by atoms with Gasteiger partial charge in [-0.25, -0.2) is 4.98 Å². The number of hydrogen-bond acceptors (Lipinski definition) is 2.